The molecule has 2 saturated heterocycles. The molecule has 32 heavy (non-hydrogen) atoms. The Hall–Kier alpha value is -2.90. The van der Waals surface area contributed by atoms with E-state index < -0.39 is 0 Å². The van der Waals surface area contributed by atoms with Crippen molar-refractivity contribution < 1.29 is 14.3 Å². The summed E-state index contributed by atoms with van der Waals surface area (Å²) in [7, 11) is 1.66. The summed E-state index contributed by atoms with van der Waals surface area (Å²) in [5.41, 5.74) is 2.28. The van der Waals surface area contributed by atoms with Gasteiger partial charge in [0, 0.05) is 44.7 Å². The van der Waals surface area contributed by atoms with E-state index in [1.165, 1.54) is 5.56 Å². The van der Waals surface area contributed by atoms with Crippen LogP contribution in [-0.4, -0.2) is 55.0 Å². The number of carbonyl (C=O) groups excluding carboxylic acids is 2. The van der Waals surface area contributed by atoms with Crippen molar-refractivity contribution in [3.8, 4) is 5.75 Å². The molecule has 2 aliphatic heterocycles. The highest BCUT2D eigenvalue weighted by Crippen LogP contribution is 2.26. The van der Waals surface area contributed by atoms with Crippen molar-refractivity contribution in [2.75, 3.05) is 20.2 Å². The zero-order valence-electron chi connectivity index (χ0n) is 18.5. The molecule has 0 aromatic heterocycles. The van der Waals surface area contributed by atoms with Crippen LogP contribution >= 0.6 is 0 Å². The van der Waals surface area contributed by atoms with Crippen molar-refractivity contribution >= 4 is 11.8 Å². The molecule has 0 saturated carbocycles. The van der Waals surface area contributed by atoms with Crippen LogP contribution in [0.2, 0.25) is 0 Å². The maximum atomic E-state index is 12.4. The normalized spacial score (nSPS) is 22.8. The number of fused-ring (bicyclic) bond motifs is 1. The largest absolute Gasteiger partial charge is 0.497 e. The van der Waals surface area contributed by atoms with Crippen molar-refractivity contribution in [2.24, 2.45) is 0 Å². The van der Waals surface area contributed by atoms with Crippen molar-refractivity contribution in [3.63, 3.8) is 0 Å². The SMILES string of the molecule is COc1ccc(CN[C@H]2C[C@H]3C(=O)NC[C@@H](CCC(=O)NCc4ccccc4)N3C2)cc1. The maximum Gasteiger partial charge on any atom is 0.237 e. The Bertz CT molecular complexity index is 903. The third-order valence-corrected chi connectivity index (χ3v) is 6.41. The highest BCUT2D eigenvalue weighted by Gasteiger charge is 2.43. The van der Waals surface area contributed by atoms with Crippen molar-refractivity contribution in [1.29, 1.82) is 0 Å². The fraction of sp³-hybridized carbons (Fsp3) is 0.440. The zero-order chi connectivity index (χ0) is 22.3. The number of methoxy groups -OCH3 is 1. The first kappa shape index (κ1) is 22.3. The van der Waals surface area contributed by atoms with Crippen LogP contribution in [-0.2, 0) is 22.7 Å². The van der Waals surface area contributed by atoms with Gasteiger partial charge in [0.05, 0.1) is 13.2 Å². The fourth-order valence-electron chi connectivity index (χ4n) is 4.58. The summed E-state index contributed by atoms with van der Waals surface area (Å²) < 4.78 is 5.21. The smallest absolute Gasteiger partial charge is 0.237 e. The van der Waals surface area contributed by atoms with Gasteiger partial charge in [-0.25, -0.2) is 0 Å². The molecule has 0 radical (unpaired) electrons. The lowest BCUT2D eigenvalue weighted by atomic mass is 10.0. The van der Waals surface area contributed by atoms with Gasteiger partial charge in [0.15, 0.2) is 0 Å². The number of nitrogens with one attached hydrogen (secondary N) is 3. The zero-order valence-corrected chi connectivity index (χ0v) is 18.5. The van der Waals surface area contributed by atoms with E-state index in [0.29, 0.717) is 19.5 Å². The van der Waals surface area contributed by atoms with E-state index in [1.807, 2.05) is 42.5 Å². The van der Waals surface area contributed by atoms with Gasteiger partial charge >= 0.3 is 0 Å². The molecule has 2 amide bonds. The minimum absolute atomic E-state index is 0.0516. The van der Waals surface area contributed by atoms with Gasteiger partial charge in [-0.3, -0.25) is 14.5 Å². The van der Waals surface area contributed by atoms with Crippen LogP contribution in [0.3, 0.4) is 0 Å². The van der Waals surface area contributed by atoms with Crippen LogP contribution in [0.4, 0.5) is 0 Å². The summed E-state index contributed by atoms with van der Waals surface area (Å²) in [6, 6.07) is 18.3. The second-order valence-corrected chi connectivity index (χ2v) is 8.57. The van der Waals surface area contributed by atoms with E-state index in [1.54, 1.807) is 7.11 Å². The highest BCUT2D eigenvalue weighted by molar-refractivity contribution is 5.83. The number of piperazine rings is 1. The minimum Gasteiger partial charge on any atom is -0.497 e. The van der Waals surface area contributed by atoms with Gasteiger partial charge in [-0.05, 0) is 36.1 Å². The Morgan fingerprint density at radius 2 is 1.84 bits per heavy atom. The third kappa shape index (κ3) is 5.66. The predicted molar refractivity (Wildman–Crippen MR) is 123 cm³/mol. The van der Waals surface area contributed by atoms with E-state index >= 15 is 0 Å². The Balaban J connectivity index is 1.25. The number of carbonyl (C=O) groups is 2. The first-order valence-electron chi connectivity index (χ1n) is 11.3. The topological polar surface area (TPSA) is 82.7 Å². The van der Waals surface area contributed by atoms with Gasteiger partial charge in [-0.15, -0.1) is 0 Å². The second kappa shape index (κ2) is 10.6. The second-order valence-electron chi connectivity index (χ2n) is 8.57. The predicted octanol–water partition coefficient (Wildman–Crippen LogP) is 1.82. The van der Waals surface area contributed by atoms with Crippen LogP contribution < -0.4 is 20.7 Å². The van der Waals surface area contributed by atoms with E-state index in [4.69, 9.17) is 4.74 Å². The Morgan fingerprint density at radius 1 is 1.09 bits per heavy atom. The molecule has 0 unspecified atom stereocenters. The monoisotopic (exact) mass is 436 g/mol. The van der Waals surface area contributed by atoms with Crippen LogP contribution in [0.5, 0.6) is 5.75 Å². The third-order valence-electron chi connectivity index (χ3n) is 6.41. The number of ether oxygens (including phenoxy) is 1. The van der Waals surface area contributed by atoms with E-state index in [0.717, 1.165) is 37.2 Å². The molecule has 2 aromatic rings. The molecule has 170 valence electrons. The summed E-state index contributed by atoms with van der Waals surface area (Å²) in [5.74, 6) is 0.998. The summed E-state index contributed by atoms with van der Waals surface area (Å²) in [5, 5.41) is 9.63. The standard InChI is InChI=1S/C25H32N4O3/c1-32-22-10-7-19(8-11-22)14-26-20-13-23-25(31)28-16-21(29(23)17-20)9-12-24(30)27-15-18-5-3-2-4-6-18/h2-8,10-11,20-21,23,26H,9,12-17H2,1H3,(H,27,30)(H,28,31)/t20-,21+,23-/m0/s1. The molecule has 2 fully saturated rings. The molecule has 3 N–H and O–H groups in total. The molecule has 0 aliphatic carbocycles. The van der Waals surface area contributed by atoms with Gasteiger partial charge in [-0.1, -0.05) is 42.5 Å². The van der Waals surface area contributed by atoms with Crippen molar-refractivity contribution in [2.45, 2.75) is 50.5 Å². The quantitative estimate of drug-likeness (QED) is 0.559. The Labute approximate surface area is 189 Å². The minimum atomic E-state index is -0.116. The summed E-state index contributed by atoms with van der Waals surface area (Å²) in [4.78, 5) is 27.1. The lowest BCUT2D eigenvalue weighted by molar-refractivity contribution is -0.129. The van der Waals surface area contributed by atoms with Crippen LogP contribution in [0.1, 0.15) is 30.4 Å². The molecule has 0 spiro atoms. The lowest BCUT2D eigenvalue weighted by Crippen LogP contribution is -2.58. The van der Waals surface area contributed by atoms with Crippen molar-refractivity contribution in [1.82, 2.24) is 20.9 Å². The lowest BCUT2D eigenvalue weighted by Gasteiger charge is -2.37. The van der Waals surface area contributed by atoms with Gasteiger partial charge in [0.25, 0.3) is 0 Å². The average Bonchev–Trinajstić information content (AvgIpc) is 3.27. The molecule has 7 nitrogen and oxygen atoms in total. The highest BCUT2D eigenvalue weighted by atomic mass is 16.5. The summed E-state index contributed by atoms with van der Waals surface area (Å²) in [6.07, 6.45) is 1.99. The number of hydrogen-bond donors (Lipinski definition) is 3. The van der Waals surface area contributed by atoms with E-state index in [2.05, 4.69) is 33.0 Å². The molecule has 3 atom stereocenters. The van der Waals surface area contributed by atoms with Gasteiger partial charge in [0.2, 0.25) is 11.8 Å². The Morgan fingerprint density at radius 3 is 2.59 bits per heavy atom. The number of hydrogen-bond acceptors (Lipinski definition) is 5. The maximum absolute atomic E-state index is 12.4. The van der Waals surface area contributed by atoms with Crippen LogP contribution in [0.15, 0.2) is 54.6 Å². The molecule has 2 heterocycles. The van der Waals surface area contributed by atoms with Gasteiger partial charge in [0.1, 0.15) is 5.75 Å². The van der Waals surface area contributed by atoms with Gasteiger partial charge < -0.3 is 20.7 Å². The molecule has 0 bridgehead atoms. The number of nitrogens with zero attached hydrogens (tertiary/aromatic N) is 1. The number of amides is 2. The Kier molecular flexibility index (Phi) is 7.39. The summed E-state index contributed by atoms with van der Waals surface area (Å²) in [6.45, 7) is 2.73. The van der Waals surface area contributed by atoms with Crippen LogP contribution in [0.25, 0.3) is 0 Å². The fourth-order valence-corrected chi connectivity index (χ4v) is 4.58. The summed E-state index contributed by atoms with van der Waals surface area (Å²) >= 11 is 0. The number of benzene rings is 2. The average molecular weight is 437 g/mol. The number of rotatable bonds is 9. The molecule has 2 aromatic carbocycles. The molecule has 7 heteroatoms. The van der Waals surface area contributed by atoms with E-state index in [-0.39, 0.29) is 29.9 Å². The van der Waals surface area contributed by atoms with Gasteiger partial charge in [-0.2, -0.15) is 0 Å². The van der Waals surface area contributed by atoms with E-state index in [9.17, 15) is 9.59 Å². The first-order valence-corrected chi connectivity index (χ1v) is 11.3. The first-order chi connectivity index (χ1) is 15.6. The molecular weight excluding hydrogens is 404 g/mol. The van der Waals surface area contributed by atoms with Crippen LogP contribution in [0, 0.1) is 0 Å². The molecule has 2 aliphatic rings. The van der Waals surface area contributed by atoms with Crippen molar-refractivity contribution in [3.05, 3.63) is 65.7 Å². The molecular formula is C25H32N4O3. The molecule has 4 rings (SSSR count).